The maximum atomic E-state index is 13.9. The molecule has 1 amide bonds. The normalized spacial score (nSPS) is 15.7. The number of fused-ring (bicyclic) bond motifs is 1. The largest absolute Gasteiger partial charge is 0.470 e. The number of hydrogen-bond donors (Lipinski definition) is 2. The maximum absolute atomic E-state index is 13.9. The van der Waals surface area contributed by atoms with E-state index in [4.69, 9.17) is 10.5 Å². The zero-order valence-corrected chi connectivity index (χ0v) is 17.7. The van der Waals surface area contributed by atoms with Gasteiger partial charge in [-0.2, -0.15) is 0 Å². The van der Waals surface area contributed by atoms with Crippen LogP contribution in [0.4, 0.5) is 8.78 Å². The maximum Gasteiger partial charge on any atom is 0.270 e. The van der Waals surface area contributed by atoms with Crippen molar-refractivity contribution in [1.82, 2.24) is 19.7 Å². The average Bonchev–Trinajstić information content (AvgIpc) is 3.50. The van der Waals surface area contributed by atoms with Crippen LogP contribution in [0.5, 0.6) is 5.88 Å². The predicted octanol–water partition coefficient (Wildman–Crippen LogP) is 3.06. The molecule has 0 spiro atoms. The molecule has 9 heteroatoms. The van der Waals surface area contributed by atoms with E-state index < -0.39 is 17.2 Å². The minimum absolute atomic E-state index is 0.0893. The van der Waals surface area contributed by atoms with Gasteiger partial charge in [0.25, 0.3) is 11.8 Å². The summed E-state index contributed by atoms with van der Waals surface area (Å²) in [6.07, 6.45) is 3.82. The van der Waals surface area contributed by atoms with E-state index in [-0.39, 0.29) is 24.0 Å². The molecular weight excluding hydrogens is 404 g/mol. The van der Waals surface area contributed by atoms with Gasteiger partial charge in [-0.15, -0.1) is 0 Å². The Kier molecular flexibility index (Phi) is 5.38. The number of amides is 1. The van der Waals surface area contributed by atoms with Crippen LogP contribution in [-0.4, -0.2) is 32.4 Å². The number of aromatic nitrogens is 3. The lowest BCUT2D eigenvalue weighted by molar-refractivity contribution is 0.0936. The van der Waals surface area contributed by atoms with E-state index in [2.05, 4.69) is 15.3 Å². The molecule has 7 nitrogen and oxygen atoms in total. The van der Waals surface area contributed by atoms with E-state index in [1.807, 2.05) is 6.92 Å². The third kappa shape index (κ3) is 4.23. The van der Waals surface area contributed by atoms with Gasteiger partial charge in [-0.25, -0.2) is 18.7 Å². The number of carbonyl (C=O) groups excluding carboxylic acids is 1. The Morgan fingerprint density at radius 3 is 2.61 bits per heavy atom. The van der Waals surface area contributed by atoms with E-state index in [0.717, 1.165) is 25.0 Å². The fourth-order valence-corrected chi connectivity index (χ4v) is 3.67. The molecule has 2 heterocycles. The number of benzene rings is 1. The number of nitrogens with zero attached hydrogens (tertiary/aromatic N) is 3. The number of hydrogen-bond acceptors (Lipinski definition) is 5. The van der Waals surface area contributed by atoms with Gasteiger partial charge in [-0.1, -0.05) is 6.07 Å². The molecule has 3 aromatic rings. The SMILES string of the molecule is Cc1cn2c(C(=O)NCC(C)(N)C3CC3)c(C)nc2c(OCc2c(F)cccc2F)n1. The molecule has 0 aliphatic heterocycles. The lowest BCUT2D eigenvalue weighted by Gasteiger charge is -2.24. The molecule has 164 valence electrons. The van der Waals surface area contributed by atoms with Crippen molar-refractivity contribution >= 4 is 11.6 Å². The van der Waals surface area contributed by atoms with Gasteiger partial charge in [-0.3, -0.25) is 9.20 Å². The van der Waals surface area contributed by atoms with Gasteiger partial charge < -0.3 is 15.8 Å². The number of ether oxygens (including phenoxy) is 1. The summed E-state index contributed by atoms with van der Waals surface area (Å²) < 4.78 is 35.1. The van der Waals surface area contributed by atoms with Crippen LogP contribution < -0.4 is 15.8 Å². The Balaban J connectivity index is 1.61. The summed E-state index contributed by atoms with van der Waals surface area (Å²) in [5.41, 5.74) is 7.33. The second kappa shape index (κ2) is 7.88. The Hall–Kier alpha value is -3.07. The van der Waals surface area contributed by atoms with Gasteiger partial charge in [0, 0.05) is 18.3 Å². The van der Waals surface area contributed by atoms with Crippen molar-refractivity contribution in [1.29, 1.82) is 0 Å². The van der Waals surface area contributed by atoms with Crippen molar-refractivity contribution < 1.29 is 18.3 Å². The number of rotatable bonds is 7. The standard InChI is InChI=1S/C22H25F2N5O2/c1-12-9-29-18(20(30)26-11-22(3,25)14-7-8-14)13(2)28-19(29)21(27-12)31-10-15-16(23)5-4-6-17(15)24/h4-6,9,14H,7-8,10-11,25H2,1-3H3,(H,26,30). The van der Waals surface area contributed by atoms with Crippen LogP contribution in [0.2, 0.25) is 0 Å². The highest BCUT2D eigenvalue weighted by Crippen LogP contribution is 2.37. The third-order valence-electron chi connectivity index (χ3n) is 5.64. The molecule has 1 saturated carbocycles. The summed E-state index contributed by atoms with van der Waals surface area (Å²) in [7, 11) is 0. The Morgan fingerprint density at radius 1 is 1.29 bits per heavy atom. The van der Waals surface area contributed by atoms with E-state index >= 15 is 0 Å². The average molecular weight is 429 g/mol. The number of halogens is 2. The van der Waals surface area contributed by atoms with Crippen LogP contribution in [0.25, 0.3) is 5.65 Å². The molecule has 1 unspecified atom stereocenters. The molecule has 4 rings (SSSR count). The molecule has 1 aromatic carbocycles. The number of carbonyl (C=O) groups is 1. The molecule has 31 heavy (non-hydrogen) atoms. The van der Waals surface area contributed by atoms with Gasteiger partial charge in [-0.05, 0) is 51.7 Å². The van der Waals surface area contributed by atoms with Crippen LogP contribution in [-0.2, 0) is 6.61 Å². The second-order valence-corrected chi connectivity index (χ2v) is 8.38. The summed E-state index contributed by atoms with van der Waals surface area (Å²) in [5, 5.41) is 2.91. The fraction of sp³-hybridized carbons (Fsp3) is 0.409. The van der Waals surface area contributed by atoms with Crippen molar-refractivity contribution in [2.24, 2.45) is 11.7 Å². The molecule has 0 radical (unpaired) electrons. The highest BCUT2D eigenvalue weighted by Gasteiger charge is 2.38. The molecule has 1 aliphatic rings. The number of aryl methyl sites for hydroxylation is 2. The first-order chi connectivity index (χ1) is 14.7. The van der Waals surface area contributed by atoms with Crippen LogP contribution >= 0.6 is 0 Å². The van der Waals surface area contributed by atoms with E-state index in [1.165, 1.54) is 6.07 Å². The summed E-state index contributed by atoms with van der Waals surface area (Å²) >= 11 is 0. The number of nitrogens with one attached hydrogen (secondary N) is 1. The van der Waals surface area contributed by atoms with Gasteiger partial charge >= 0.3 is 0 Å². The summed E-state index contributed by atoms with van der Waals surface area (Å²) in [6.45, 7) is 5.37. The Labute approximate surface area is 178 Å². The van der Waals surface area contributed by atoms with Crippen molar-refractivity contribution in [2.45, 2.75) is 45.8 Å². The molecule has 2 aromatic heterocycles. The fourth-order valence-electron chi connectivity index (χ4n) is 3.67. The first-order valence-electron chi connectivity index (χ1n) is 10.2. The predicted molar refractivity (Wildman–Crippen MR) is 111 cm³/mol. The molecule has 1 fully saturated rings. The summed E-state index contributed by atoms with van der Waals surface area (Å²) in [4.78, 5) is 21.7. The third-order valence-corrected chi connectivity index (χ3v) is 5.64. The van der Waals surface area contributed by atoms with Crippen molar-refractivity contribution in [2.75, 3.05) is 6.54 Å². The highest BCUT2D eigenvalue weighted by atomic mass is 19.1. The van der Waals surface area contributed by atoms with Crippen molar-refractivity contribution in [3.63, 3.8) is 0 Å². The zero-order valence-electron chi connectivity index (χ0n) is 17.7. The first kappa shape index (κ1) is 21.2. The minimum atomic E-state index is -0.705. The quantitative estimate of drug-likeness (QED) is 0.602. The topological polar surface area (TPSA) is 94.5 Å². The zero-order chi connectivity index (χ0) is 22.3. The minimum Gasteiger partial charge on any atom is -0.470 e. The van der Waals surface area contributed by atoms with Crippen molar-refractivity contribution in [3.8, 4) is 5.88 Å². The Bertz CT molecular complexity index is 1130. The molecular formula is C22H25F2N5O2. The molecule has 0 saturated heterocycles. The van der Waals surface area contributed by atoms with E-state index in [9.17, 15) is 13.6 Å². The monoisotopic (exact) mass is 429 g/mol. The summed E-state index contributed by atoms with van der Waals surface area (Å²) in [6, 6.07) is 3.61. The van der Waals surface area contributed by atoms with Crippen LogP contribution in [0, 0.1) is 31.4 Å². The second-order valence-electron chi connectivity index (χ2n) is 8.38. The lowest BCUT2D eigenvalue weighted by Crippen LogP contribution is -2.49. The first-order valence-corrected chi connectivity index (χ1v) is 10.2. The molecule has 3 N–H and O–H groups in total. The lowest BCUT2D eigenvalue weighted by atomic mass is 9.97. The van der Waals surface area contributed by atoms with Crippen molar-refractivity contribution in [3.05, 3.63) is 58.7 Å². The molecule has 1 atom stereocenters. The van der Waals surface area contributed by atoms with Gasteiger partial charge in [0.1, 0.15) is 23.9 Å². The smallest absolute Gasteiger partial charge is 0.270 e. The summed E-state index contributed by atoms with van der Waals surface area (Å²) in [5.74, 6) is -1.21. The highest BCUT2D eigenvalue weighted by molar-refractivity contribution is 5.95. The van der Waals surface area contributed by atoms with E-state index in [1.54, 1.807) is 24.4 Å². The van der Waals surface area contributed by atoms with Gasteiger partial charge in [0.2, 0.25) is 5.65 Å². The van der Waals surface area contributed by atoms with Crippen LogP contribution in [0.1, 0.15) is 47.2 Å². The Morgan fingerprint density at radius 2 is 1.97 bits per heavy atom. The van der Waals surface area contributed by atoms with Crippen LogP contribution in [0.15, 0.2) is 24.4 Å². The molecule has 0 bridgehead atoms. The number of imidazole rings is 1. The number of nitrogens with two attached hydrogens (primary N) is 1. The van der Waals surface area contributed by atoms with Gasteiger partial charge in [0.15, 0.2) is 0 Å². The van der Waals surface area contributed by atoms with E-state index in [0.29, 0.717) is 35.2 Å². The molecule has 1 aliphatic carbocycles. The van der Waals surface area contributed by atoms with Crippen LogP contribution in [0.3, 0.4) is 0 Å². The van der Waals surface area contributed by atoms with Gasteiger partial charge in [0.05, 0.1) is 17.0 Å².